The Morgan fingerprint density at radius 1 is 0.545 bits per heavy atom. The maximum Gasteiger partial charge on any atom is 0.472 e. The summed E-state index contributed by atoms with van der Waals surface area (Å²) in [6.45, 7) is 3.70. The van der Waals surface area contributed by atoms with Gasteiger partial charge in [-0.15, -0.1) is 0 Å². The van der Waals surface area contributed by atoms with Crippen LogP contribution in [0.2, 0.25) is 0 Å². The van der Waals surface area contributed by atoms with E-state index >= 15 is 0 Å². The molecule has 2 atom stereocenters. The summed E-state index contributed by atoms with van der Waals surface area (Å²) in [4.78, 5) is 34.8. The van der Waals surface area contributed by atoms with Crippen LogP contribution < -0.4 is 5.73 Å². The first-order chi connectivity index (χ1) is 26.8. The van der Waals surface area contributed by atoms with Crippen molar-refractivity contribution in [2.75, 3.05) is 26.4 Å². The van der Waals surface area contributed by atoms with Gasteiger partial charge in [0.25, 0.3) is 0 Å². The van der Waals surface area contributed by atoms with Crippen LogP contribution in [0.3, 0.4) is 0 Å². The molecule has 0 spiro atoms. The van der Waals surface area contributed by atoms with E-state index < -0.39 is 32.5 Å². The van der Waals surface area contributed by atoms with Crippen molar-refractivity contribution in [1.29, 1.82) is 0 Å². The second kappa shape index (κ2) is 42.1. The van der Waals surface area contributed by atoms with Gasteiger partial charge in [-0.25, -0.2) is 4.57 Å². The second-order valence-corrected chi connectivity index (χ2v) is 16.7. The molecule has 3 N–H and O–H groups in total. The van der Waals surface area contributed by atoms with Gasteiger partial charge in [0.1, 0.15) is 6.61 Å². The first-order valence-electron chi connectivity index (χ1n) is 22.8. The van der Waals surface area contributed by atoms with E-state index in [1.54, 1.807) is 0 Å². The molecule has 0 bridgehead atoms. The van der Waals surface area contributed by atoms with Gasteiger partial charge in [-0.1, -0.05) is 199 Å². The lowest BCUT2D eigenvalue weighted by molar-refractivity contribution is -0.161. The molecule has 2 unspecified atom stereocenters. The zero-order valence-electron chi connectivity index (χ0n) is 35.7. The van der Waals surface area contributed by atoms with Crippen LogP contribution in [0.4, 0.5) is 0 Å². The summed E-state index contributed by atoms with van der Waals surface area (Å²) in [5, 5.41) is 0. The number of esters is 2. The molecule has 0 saturated heterocycles. The Morgan fingerprint density at radius 2 is 0.982 bits per heavy atom. The fourth-order valence-corrected chi connectivity index (χ4v) is 7.22. The van der Waals surface area contributed by atoms with Crippen LogP contribution in [-0.2, 0) is 32.7 Å². The maximum atomic E-state index is 12.5. The van der Waals surface area contributed by atoms with E-state index in [9.17, 15) is 19.0 Å². The summed E-state index contributed by atoms with van der Waals surface area (Å²) in [7, 11) is -4.39. The van der Waals surface area contributed by atoms with Gasteiger partial charge in [0.05, 0.1) is 13.2 Å². The number of hydrogen-bond acceptors (Lipinski definition) is 8. The molecule has 324 valence electrons. The van der Waals surface area contributed by atoms with Crippen LogP contribution in [0, 0.1) is 0 Å². The molecule has 0 aromatic heterocycles. The number of allylic oxidation sites excluding steroid dienone is 4. The summed E-state index contributed by atoms with van der Waals surface area (Å²) in [6, 6.07) is 0. The fourth-order valence-electron chi connectivity index (χ4n) is 6.45. The Kier molecular flexibility index (Phi) is 40.9. The number of ether oxygens (including phenoxy) is 2. The zero-order valence-corrected chi connectivity index (χ0v) is 36.6. The molecule has 0 aliphatic heterocycles. The third-order valence-electron chi connectivity index (χ3n) is 9.85. The molecular weight excluding hydrogens is 713 g/mol. The lowest BCUT2D eigenvalue weighted by Gasteiger charge is -2.19. The molecule has 10 heteroatoms. The Hall–Kier alpha value is -1.51. The first-order valence-corrected chi connectivity index (χ1v) is 24.3. The Labute approximate surface area is 338 Å². The van der Waals surface area contributed by atoms with Crippen LogP contribution in [-0.4, -0.2) is 49.3 Å². The maximum absolute atomic E-state index is 12.5. The van der Waals surface area contributed by atoms with Gasteiger partial charge in [-0.2, -0.15) is 0 Å². The molecule has 0 aromatic rings. The average molecular weight is 800 g/mol. The van der Waals surface area contributed by atoms with E-state index in [0.29, 0.717) is 6.42 Å². The number of unbranched alkanes of at least 4 members (excludes halogenated alkanes) is 26. The van der Waals surface area contributed by atoms with Gasteiger partial charge in [-0.05, 0) is 32.1 Å². The van der Waals surface area contributed by atoms with Gasteiger partial charge in [-0.3, -0.25) is 18.6 Å². The third-order valence-corrected chi connectivity index (χ3v) is 10.8. The number of phosphoric acid groups is 1. The van der Waals surface area contributed by atoms with E-state index in [2.05, 4.69) is 26.0 Å². The van der Waals surface area contributed by atoms with Gasteiger partial charge in [0.15, 0.2) is 6.10 Å². The molecule has 9 nitrogen and oxygen atoms in total. The summed E-state index contributed by atoms with van der Waals surface area (Å²) in [5.74, 6) is -0.896. The van der Waals surface area contributed by atoms with Crippen molar-refractivity contribution in [3.63, 3.8) is 0 Å². The van der Waals surface area contributed by atoms with Crippen molar-refractivity contribution in [1.82, 2.24) is 0 Å². The molecule has 0 aliphatic rings. The van der Waals surface area contributed by atoms with Gasteiger partial charge in [0, 0.05) is 19.4 Å². The number of rotatable bonds is 43. The number of phosphoric ester groups is 1. The van der Waals surface area contributed by atoms with E-state index in [1.807, 2.05) is 12.2 Å². The van der Waals surface area contributed by atoms with Crippen LogP contribution in [0.15, 0.2) is 24.3 Å². The molecule has 0 rings (SSSR count). The van der Waals surface area contributed by atoms with Crippen LogP contribution in [0.5, 0.6) is 0 Å². The van der Waals surface area contributed by atoms with Gasteiger partial charge in [0.2, 0.25) is 0 Å². The highest BCUT2D eigenvalue weighted by atomic mass is 31.2. The molecule has 0 saturated carbocycles. The molecule has 0 aromatic carbocycles. The zero-order chi connectivity index (χ0) is 40.3. The Morgan fingerprint density at radius 3 is 1.45 bits per heavy atom. The Bertz CT molecular complexity index is 959. The molecular formula is C45H86NO8P. The van der Waals surface area contributed by atoms with Gasteiger partial charge >= 0.3 is 19.8 Å². The van der Waals surface area contributed by atoms with Crippen molar-refractivity contribution >= 4 is 19.8 Å². The van der Waals surface area contributed by atoms with E-state index in [1.165, 1.54) is 154 Å². The summed E-state index contributed by atoms with van der Waals surface area (Å²) in [6.07, 6.45) is 45.1. The summed E-state index contributed by atoms with van der Waals surface area (Å²) in [5.41, 5.74) is 5.35. The highest BCUT2D eigenvalue weighted by Crippen LogP contribution is 2.43. The first kappa shape index (κ1) is 53.5. The number of carbonyl (C=O) groups excluding carboxylic acids is 2. The molecule has 55 heavy (non-hydrogen) atoms. The highest BCUT2D eigenvalue weighted by Gasteiger charge is 2.25. The molecule has 0 amide bonds. The molecule has 0 radical (unpaired) electrons. The minimum absolute atomic E-state index is 0.0476. The Balaban J connectivity index is 4.13. The normalized spacial score (nSPS) is 13.5. The third kappa shape index (κ3) is 41.9. The van der Waals surface area contributed by atoms with Crippen molar-refractivity contribution in [2.24, 2.45) is 5.73 Å². The topological polar surface area (TPSA) is 134 Å². The molecule has 0 fully saturated rings. The van der Waals surface area contributed by atoms with Crippen LogP contribution in [0.25, 0.3) is 0 Å². The van der Waals surface area contributed by atoms with Crippen LogP contribution >= 0.6 is 7.82 Å². The summed E-state index contributed by atoms with van der Waals surface area (Å²) >= 11 is 0. The number of carbonyl (C=O) groups is 2. The van der Waals surface area contributed by atoms with E-state index in [4.69, 9.17) is 24.3 Å². The van der Waals surface area contributed by atoms with Crippen molar-refractivity contribution in [3.8, 4) is 0 Å². The van der Waals surface area contributed by atoms with Crippen molar-refractivity contribution in [2.45, 2.75) is 225 Å². The lowest BCUT2D eigenvalue weighted by atomic mass is 10.0. The SMILES string of the molecule is CCCCCCCCCCC=CCC=CCCC(=O)OC(COC(=O)CCCCCCCCCCCCCCCCCCCCC)COP(=O)(O)OCCN. The highest BCUT2D eigenvalue weighted by molar-refractivity contribution is 7.47. The van der Waals surface area contributed by atoms with Crippen molar-refractivity contribution < 1.29 is 37.6 Å². The number of nitrogens with two attached hydrogens (primary N) is 1. The largest absolute Gasteiger partial charge is 0.472 e. The molecule has 0 heterocycles. The van der Waals surface area contributed by atoms with E-state index in [0.717, 1.165) is 32.1 Å². The smallest absolute Gasteiger partial charge is 0.462 e. The van der Waals surface area contributed by atoms with Crippen LogP contribution in [0.1, 0.15) is 219 Å². The quantitative estimate of drug-likeness (QED) is 0.0267. The molecule has 0 aliphatic carbocycles. The van der Waals surface area contributed by atoms with Crippen molar-refractivity contribution in [3.05, 3.63) is 24.3 Å². The monoisotopic (exact) mass is 800 g/mol. The lowest BCUT2D eigenvalue weighted by Crippen LogP contribution is -2.29. The van der Waals surface area contributed by atoms with Gasteiger partial charge < -0.3 is 20.1 Å². The fraction of sp³-hybridized carbons (Fsp3) is 0.867. The minimum atomic E-state index is -4.39. The van der Waals surface area contributed by atoms with E-state index in [-0.39, 0.29) is 32.6 Å². The predicted molar refractivity (Wildman–Crippen MR) is 229 cm³/mol. The second-order valence-electron chi connectivity index (χ2n) is 15.3. The standard InChI is InChI=1S/C45H86NO8P/c1-3-5-7-9-11-13-15-17-19-20-21-22-24-25-27-29-31-33-35-37-44(47)51-41-43(42-53-55(49,50)52-40-39-46)54-45(48)38-36-34-32-30-28-26-23-18-16-14-12-10-8-6-4-2/h26,28,32,34,43H,3-25,27,29-31,33,35-42,46H2,1-2H3,(H,49,50). The predicted octanol–water partition coefficient (Wildman–Crippen LogP) is 13.2. The number of hydrogen-bond donors (Lipinski definition) is 2. The summed E-state index contributed by atoms with van der Waals surface area (Å²) < 4.78 is 32.7. The average Bonchev–Trinajstić information content (AvgIpc) is 3.17. The minimum Gasteiger partial charge on any atom is -0.462 e.